The van der Waals surface area contributed by atoms with Gasteiger partial charge in [-0.2, -0.15) is 0 Å². The van der Waals surface area contributed by atoms with Crippen LogP contribution in [0.4, 0.5) is 5.82 Å². The molecule has 0 aliphatic heterocycles. The molecule has 1 heterocycles. The average molecular weight is 152 g/mol. The third kappa shape index (κ3) is 1.65. The Morgan fingerprint density at radius 2 is 2.00 bits per heavy atom. The van der Waals surface area contributed by atoms with E-state index in [1.807, 2.05) is 13.8 Å². The molecule has 0 saturated carbocycles. The molecule has 0 aromatic carbocycles. The Morgan fingerprint density at radius 3 is 2.64 bits per heavy atom. The van der Waals surface area contributed by atoms with Crippen molar-refractivity contribution >= 4 is 5.82 Å². The Kier molecular flexibility index (Phi) is 2.38. The number of anilines is 1. The van der Waals surface area contributed by atoms with Crippen molar-refractivity contribution in [2.45, 2.75) is 13.8 Å². The Morgan fingerprint density at radius 1 is 1.27 bits per heavy atom. The molecule has 4 nitrogen and oxygen atoms in total. The largest absolute Gasteiger partial charge is 0.306 e. The maximum Gasteiger partial charge on any atom is 0.146 e. The predicted octanol–water partition coefficient (Wildman–Crippen LogP) is 0.640. The van der Waals surface area contributed by atoms with Crippen LogP contribution in [0.3, 0.4) is 0 Å². The van der Waals surface area contributed by atoms with Gasteiger partial charge in [0.1, 0.15) is 12.1 Å². The molecule has 2 N–H and O–H groups in total. The molecule has 0 unspecified atom stereocenters. The number of hydrogen-bond acceptors (Lipinski definition) is 4. The number of hydrazine groups is 1. The second kappa shape index (κ2) is 3.30. The molecule has 0 aliphatic rings. The van der Waals surface area contributed by atoms with Crippen LogP contribution in [0.2, 0.25) is 0 Å². The number of nitrogens with zero attached hydrogens (tertiary/aromatic N) is 2. The quantitative estimate of drug-likeness (QED) is 0.610. The number of aromatic nitrogens is 2. The first kappa shape index (κ1) is 7.94. The van der Waals surface area contributed by atoms with E-state index in [0.29, 0.717) is 0 Å². The van der Waals surface area contributed by atoms with Crippen LogP contribution in [-0.4, -0.2) is 17.0 Å². The molecule has 1 aromatic heterocycles. The van der Waals surface area contributed by atoms with Gasteiger partial charge in [0, 0.05) is 18.3 Å². The van der Waals surface area contributed by atoms with E-state index in [9.17, 15) is 0 Å². The zero-order valence-corrected chi connectivity index (χ0v) is 6.97. The van der Waals surface area contributed by atoms with Crippen molar-refractivity contribution in [1.82, 2.24) is 15.4 Å². The van der Waals surface area contributed by atoms with E-state index in [1.54, 1.807) is 13.4 Å². The summed E-state index contributed by atoms with van der Waals surface area (Å²) in [6.45, 7) is 3.94. The lowest BCUT2D eigenvalue weighted by atomic mass is 10.2. The summed E-state index contributed by atoms with van der Waals surface area (Å²) in [4.78, 5) is 8.09. The fraction of sp³-hybridized carbons (Fsp3) is 0.429. The topological polar surface area (TPSA) is 49.8 Å². The first-order valence-corrected chi connectivity index (χ1v) is 3.46. The molecule has 60 valence electrons. The van der Waals surface area contributed by atoms with Gasteiger partial charge in [-0.15, -0.1) is 0 Å². The second-order valence-corrected chi connectivity index (χ2v) is 2.31. The van der Waals surface area contributed by atoms with Gasteiger partial charge in [-0.25, -0.2) is 15.4 Å². The van der Waals surface area contributed by atoms with Crippen LogP contribution in [0.5, 0.6) is 0 Å². The third-order valence-electron chi connectivity index (χ3n) is 1.58. The Hall–Kier alpha value is -1.16. The van der Waals surface area contributed by atoms with E-state index in [0.717, 1.165) is 17.1 Å². The van der Waals surface area contributed by atoms with Gasteiger partial charge in [0.05, 0.1) is 0 Å². The molecule has 0 atom stereocenters. The predicted molar refractivity (Wildman–Crippen MR) is 44.2 cm³/mol. The number of rotatable bonds is 2. The normalized spacial score (nSPS) is 9.73. The van der Waals surface area contributed by atoms with Crippen molar-refractivity contribution < 1.29 is 0 Å². The van der Waals surface area contributed by atoms with E-state index >= 15 is 0 Å². The maximum absolute atomic E-state index is 4.04. The minimum Gasteiger partial charge on any atom is -0.306 e. The molecule has 0 spiro atoms. The average Bonchev–Trinajstić information content (AvgIpc) is 1.99. The lowest BCUT2D eigenvalue weighted by molar-refractivity contribution is 0.940. The highest BCUT2D eigenvalue weighted by Crippen LogP contribution is 2.10. The summed E-state index contributed by atoms with van der Waals surface area (Å²) in [5.74, 6) is 0.833. The van der Waals surface area contributed by atoms with Crippen molar-refractivity contribution in [2.75, 3.05) is 12.5 Å². The highest BCUT2D eigenvalue weighted by Gasteiger charge is 1.99. The van der Waals surface area contributed by atoms with Gasteiger partial charge in [-0.05, 0) is 13.8 Å². The van der Waals surface area contributed by atoms with E-state index in [2.05, 4.69) is 20.8 Å². The smallest absolute Gasteiger partial charge is 0.146 e. The molecular weight excluding hydrogens is 140 g/mol. The third-order valence-corrected chi connectivity index (χ3v) is 1.58. The summed E-state index contributed by atoms with van der Waals surface area (Å²) in [5.41, 5.74) is 7.80. The van der Waals surface area contributed by atoms with Crippen molar-refractivity contribution in [3.8, 4) is 0 Å². The van der Waals surface area contributed by atoms with Crippen LogP contribution in [0.1, 0.15) is 11.3 Å². The van der Waals surface area contributed by atoms with Crippen molar-refractivity contribution in [3.05, 3.63) is 17.6 Å². The zero-order chi connectivity index (χ0) is 8.27. The second-order valence-electron chi connectivity index (χ2n) is 2.31. The Bertz CT molecular complexity index is 246. The van der Waals surface area contributed by atoms with Crippen molar-refractivity contribution in [2.24, 2.45) is 0 Å². The van der Waals surface area contributed by atoms with Crippen LogP contribution in [0.25, 0.3) is 0 Å². The van der Waals surface area contributed by atoms with Gasteiger partial charge in [0.25, 0.3) is 0 Å². The summed E-state index contributed by atoms with van der Waals surface area (Å²) in [7, 11) is 1.80. The molecule has 1 rings (SSSR count). The van der Waals surface area contributed by atoms with Crippen LogP contribution < -0.4 is 10.9 Å². The van der Waals surface area contributed by atoms with E-state index in [1.165, 1.54) is 0 Å². The number of nitrogens with one attached hydrogen (secondary N) is 2. The van der Waals surface area contributed by atoms with Gasteiger partial charge < -0.3 is 5.43 Å². The Labute approximate surface area is 66.0 Å². The standard InChI is InChI=1S/C7H12N4/c1-5-6(2)9-4-10-7(5)11-8-3/h4,8H,1-3H3,(H,9,10,11). The number of aryl methyl sites for hydroxylation is 1. The highest BCUT2D eigenvalue weighted by molar-refractivity contribution is 5.43. The summed E-state index contributed by atoms with van der Waals surface area (Å²) in [6.07, 6.45) is 1.54. The van der Waals surface area contributed by atoms with E-state index < -0.39 is 0 Å². The molecule has 0 radical (unpaired) electrons. The summed E-state index contributed by atoms with van der Waals surface area (Å²) in [6, 6.07) is 0. The fourth-order valence-electron chi connectivity index (χ4n) is 0.783. The highest BCUT2D eigenvalue weighted by atomic mass is 15.4. The lowest BCUT2D eigenvalue weighted by Gasteiger charge is -2.06. The molecule has 0 aliphatic carbocycles. The minimum absolute atomic E-state index is 0.833. The molecule has 11 heavy (non-hydrogen) atoms. The van der Waals surface area contributed by atoms with Gasteiger partial charge in [0.15, 0.2) is 0 Å². The fourth-order valence-corrected chi connectivity index (χ4v) is 0.783. The van der Waals surface area contributed by atoms with Gasteiger partial charge in [-0.3, -0.25) is 0 Å². The minimum atomic E-state index is 0.833. The Balaban J connectivity index is 2.96. The molecule has 0 fully saturated rings. The summed E-state index contributed by atoms with van der Waals surface area (Å²) < 4.78 is 0. The first-order valence-electron chi connectivity index (χ1n) is 3.46. The monoisotopic (exact) mass is 152 g/mol. The first-order chi connectivity index (χ1) is 5.25. The zero-order valence-electron chi connectivity index (χ0n) is 6.97. The summed E-state index contributed by atoms with van der Waals surface area (Å²) >= 11 is 0. The molecule has 0 amide bonds. The SMILES string of the molecule is CNNc1ncnc(C)c1C. The van der Waals surface area contributed by atoms with Crippen molar-refractivity contribution in [3.63, 3.8) is 0 Å². The lowest BCUT2D eigenvalue weighted by Crippen LogP contribution is -2.17. The molecule has 1 aromatic rings. The summed E-state index contributed by atoms with van der Waals surface area (Å²) in [5, 5.41) is 0. The van der Waals surface area contributed by atoms with Crippen molar-refractivity contribution in [1.29, 1.82) is 0 Å². The van der Waals surface area contributed by atoms with Crippen LogP contribution in [0.15, 0.2) is 6.33 Å². The molecule has 4 heteroatoms. The van der Waals surface area contributed by atoms with E-state index in [4.69, 9.17) is 0 Å². The maximum atomic E-state index is 4.04. The van der Waals surface area contributed by atoms with Crippen LogP contribution in [-0.2, 0) is 0 Å². The van der Waals surface area contributed by atoms with Gasteiger partial charge in [0.2, 0.25) is 0 Å². The van der Waals surface area contributed by atoms with Gasteiger partial charge >= 0.3 is 0 Å². The molecule has 0 bridgehead atoms. The van der Waals surface area contributed by atoms with Crippen LogP contribution >= 0.6 is 0 Å². The van der Waals surface area contributed by atoms with Gasteiger partial charge in [-0.1, -0.05) is 0 Å². The number of hydrogen-bond donors (Lipinski definition) is 2. The van der Waals surface area contributed by atoms with Crippen LogP contribution in [0, 0.1) is 13.8 Å². The molecular formula is C7H12N4. The van der Waals surface area contributed by atoms with E-state index in [-0.39, 0.29) is 0 Å². The molecule has 0 saturated heterocycles.